The predicted molar refractivity (Wildman–Crippen MR) is 170 cm³/mol. The number of phenols is 1. The smallest absolute Gasteiger partial charge is 0.317 e. The lowest BCUT2D eigenvalue weighted by Gasteiger charge is -2.43. The summed E-state index contributed by atoms with van der Waals surface area (Å²) >= 11 is 1.36. The maximum absolute atomic E-state index is 12.3. The van der Waals surface area contributed by atoms with Crippen molar-refractivity contribution < 1.29 is 30.0 Å². The van der Waals surface area contributed by atoms with E-state index in [-0.39, 0.29) is 12.3 Å². The van der Waals surface area contributed by atoms with Crippen LogP contribution in [0.25, 0.3) is 0 Å². The fraction of sp³-hybridized carbons (Fsp3) is 0.606. The summed E-state index contributed by atoms with van der Waals surface area (Å²) in [6.07, 6.45) is 6.93. The van der Waals surface area contributed by atoms with Crippen LogP contribution in [-0.4, -0.2) is 71.7 Å². The zero-order valence-corrected chi connectivity index (χ0v) is 26.5. The number of aromatic hydroxyl groups is 1. The summed E-state index contributed by atoms with van der Waals surface area (Å²) < 4.78 is 5.98. The first kappa shape index (κ1) is 34.0. The highest BCUT2D eigenvalue weighted by Gasteiger charge is 2.51. The normalized spacial score (nSPS) is 19.6. The van der Waals surface area contributed by atoms with Crippen molar-refractivity contribution in [3.05, 3.63) is 47.5 Å². The van der Waals surface area contributed by atoms with Crippen LogP contribution in [0.15, 0.2) is 41.3 Å². The van der Waals surface area contributed by atoms with Crippen LogP contribution in [-0.2, 0) is 4.79 Å². The number of fused-ring (bicyclic) bond motifs is 1. The van der Waals surface area contributed by atoms with E-state index in [1.54, 1.807) is 0 Å². The molecule has 2 aromatic rings. The average molecular weight is 603 g/mol. The number of phenolic OH excluding ortho intramolecular Hbond substituents is 1. The molecular weight excluding hydrogens is 552 g/mol. The molecule has 2 aromatic carbocycles. The molecule has 0 aliphatic carbocycles. The molecule has 0 saturated heterocycles. The number of carboxylic acid groups (broad SMARTS) is 1. The molecule has 0 spiro atoms. The van der Waals surface area contributed by atoms with Crippen LogP contribution in [0.2, 0.25) is 0 Å². The lowest BCUT2D eigenvalue weighted by molar-refractivity contribution is -0.135. The third-order valence-corrected chi connectivity index (χ3v) is 9.66. The number of hydrogen-bond acceptors (Lipinski definition) is 8. The average Bonchev–Trinajstić information content (AvgIpc) is 3.05. The summed E-state index contributed by atoms with van der Waals surface area (Å²) in [6, 6.07) is 11.6. The van der Waals surface area contributed by atoms with Gasteiger partial charge in [-0.15, -0.1) is 0 Å². The molecule has 0 radical (unpaired) electrons. The molecule has 234 valence electrons. The second-order valence-electron chi connectivity index (χ2n) is 11.6. The molecule has 0 aromatic heterocycles. The third-order valence-electron chi connectivity index (χ3n) is 8.36. The van der Waals surface area contributed by atoms with Crippen LogP contribution < -0.4 is 15.0 Å². The van der Waals surface area contributed by atoms with Crippen molar-refractivity contribution in [3.8, 4) is 11.5 Å². The highest BCUT2D eigenvalue weighted by Crippen LogP contribution is 2.57. The summed E-state index contributed by atoms with van der Waals surface area (Å²) in [5.74, 6) is -0.501. The second kappa shape index (κ2) is 16.4. The minimum Gasteiger partial charge on any atom is -0.505 e. The van der Waals surface area contributed by atoms with Crippen molar-refractivity contribution in [1.82, 2.24) is 5.32 Å². The number of unbranched alkanes of at least 4 members (excludes halogenated alkanes) is 4. The number of benzene rings is 2. The zero-order chi connectivity index (χ0) is 30.7. The Balaban J connectivity index is 1.89. The number of aliphatic hydroxyl groups is 2. The minimum absolute atomic E-state index is 0.0206. The number of aliphatic carboxylic acids is 1. The van der Waals surface area contributed by atoms with Crippen molar-refractivity contribution in [3.63, 3.8) is 0 Å². The Hall–Kier alpha value is -2.46. The summed E-state index contributed by atoms with van der Waals surface area (Å²) in [5.41, 5.74) is 0.686. The van der Waals surface area contributed by atoms with Gasteiger partial charge in [-0.05, 0) is 68.5 Å². The number of ether oxygens (including phenoxy) is 1. The van der Waals surface area contributed by atoms with E-state index >= 15 is 0 Å². The molecule has 0 fully saturated rings. The Morgan fingerprint density at radius 2 is 1.64 bits per heavy atom. The van der Waals surface area contributed by atoms with E-state index in [2.05, 4.69) is 19.2 Å². The van der Waals surface area contributed by atoms with Gasteiger partial charge in [0.2, 0.25) is 0 Å². The molecule has 5 N–H and O–H groups in total. The summed E-state index contributed by atoms with van der Waals surface area (Å²) in [7, 11) is 3.77. The van der Waals surface area contributed by atoms with Crippen LogP contribution in [0.5, 0.6) is 11.5 Å². The topological polar surface area (TPSA) is 122 Å². The van der Waals surface area contributed by atoms with E-state index in [1.165, 1.54) is 11.8 Å². The van der Waals surface area contributed by atoms with E-state index in [0.29, 0.717) is 37.2 Å². The predicted octanol–water partition coefficient (Wildman–Crippen LogP) is 5.97. The van der Waals surface area contributed by atoms with Gasteiger partial charge in [-0.3, -0.25) is 4.79 Å². The van der Waals surface area contributed by atoms with Gasteiger partial charge >= 0.3 is 5.97 Å². The SMILES string of the molecule is CCCCC1(CCCC)[C@H](O)[C@H](c2ccc(OCCCCCNCC(=O)O)cc2)c2c(ccc(N(C)C)c2O)S[C@@H]1O. The lowest BCUT2D eigenvalue weighted by Crippen LogP contribution is -2.46. The molecule has 1 aliphatic heterocycles. The van der Waals surface area contributed by atoms with Crippen LogP contribution >= 0.6 is 11.8 Å². The highest BCUT2D eigenvalue weighted by atomic mass is 32.2. The lowest BCUT2D eigenvalue weighted by atomic mass is 9.67. The van der Waals surface area contributed by atoms with Crippen molar-refractivity contribution in [2.45, 2.75) is 94.0 Å². The molecular formula is C33H50N2O6S. The van der Waals surface area contributed by atoms with E-state index in [4.69, 9.17) is 9.84 Å². The number of carboxylic acids is 1. The van der Waals surface area contributed by atoms with Crippen molar-refractivity contribution in [2.75, 3.05) is 38.7 Å². The van der Waals surface area contributed by atoms with Crippen molar-refractivity contribution >= 4 is 23.4 Å². The van der Waals surface area contributed by atoms with Gasteiger partial charge in [-0.1, -0.05) is 63.4 Å². The van der Waals surface area contributed by atoms with E-state index in [0.717, 1.165) is 61.2 Å². The molecule has 0 unspecified atom stereocenters. The number of anilines is 1. The van der Waals surface area contributed by atoms with Gasteiger partial charge in [0.25, 0.3) is 0 Å². The van der Waals surface area contributed by atoms with Crippen molar-refractivity contribution in [2.24, 2.45) is 5.41 Å². The van der Waals surface area contributed by atoms with Crippen LogP contribution in [0.1, 0.15) is 88.7 Å². The standard InChI is InChI=1S/C33H50N2O6S/c1-5-7-18-33(19-8-6-2)31(39)28(29-26(42-32(33)40)17-16-25(30(29)38)35(3)4)23-12-14-24(15-13-23)41-21-11-9-10-20-34-22-27(36)37/h12-17,28,31-32,34,38-40H,5-11,18-22H2,1-4H3,(H,36,37)/t28-,31-,32+/m1/s1. The van der Waals surface area contributed by atoms with E-state index in [1.807, 2.05) is 55.4 Å². The number of nitrogens with zero attached hydrogens (tertiary/aromatic N) is 1. The molecule has 0 bridgehead atoms. The number of nitrogens with one attached hydrogen (secondary N) is 1. The first-order chi connectivity index (χ1) is 20.2. The van der Waals surface area contributed by atoms with Gasteiger partial charge in [0, 0.05) is 35.9 Å². The molecule has 42 heavy (non-hydrogen) atoms. The van der Waals surface area contributed by atoms with Crippen LogP contribution in [0.4, 0.5) is 5.69 Å². The molecule has 3 atom stereocenters. The molecule has 8 nitrogen and oxygen atoms in total. The highest BCUT2D eigenvalue weighted by molar-refractivity contribution is 7.99. The molecule has 1 aliphatic rings. The third kappa shape index (κ3) is 8.34. The minimum atomic E-state index is -0.899. The first-order valence-corrected chi connectivity index (χ1v) is 16.3. The monoisotopic (exact) mass is 602 g/mol. The molecule has 1 heterocycles. The second-order valence-corrected chi connectivity index (χ2v) is 12.7. The molecule has 0 amide bonds. The summed E-state index contributed by atoms with van der Waals surface area (Å²) in [6.45, 7) is 5.46. The number of hydrogen-bond donors (Lipinski definition) is 5. The Morgan fingerprint density at radius 1 is 0.976 bits per heavy atom. The number of rotatable bonds is 17. The van der Waals surface area contributed by atoms with Crippen LogP contribution in [0.3, 0.4) is 0 Å². The molecule has 9 heteroatoms. The Kier molecular flexibility index (Phi) is 13.3. The van der Waals surface area contributed by atoms with Gasteiger partial charge in [0.1, 0.15) is 16.9 Å². The van der Waals surface area contributed by atoms with Crippen molar-refractivity contribution in [1.29, 1.82) is 0 Å². The number of thioether (sulfide) groups is 1. The Morgan fingerprint density at radius 3 is 2.24 bits per heavy atom. The van der Waals surface area contributed by atoms with E-state index in [9.17, 15) is 20.1 Å². The van der Waals surface area contributed by atoms with Gasteiger partial charge in [0.15, 0.2) is 0 Å². The van der Waals surface area contributed by atoms with Gasteiger partial charge in [-0.25, -0.2) is 0 Å². The molecule has 3 rings (SSSR count). The van der Waals surface area contributed by atoms with E-state index < -0.39 is 28.8 Å². The number of aliphatic hydroxyl groups excluding tert-OH is 2. The van der Waals surface area contributed by atoms with Gasteiger partial charge in [-0.2, -0.15) is 0 Å². The Bertz CT molecular complexity index is 1120. The maximum Gasteiger partial charge on any atom is 0.317 e. The quantitative estimate of drug-likeness (QED) is 0.140. The Labute approximate surface area is 255 Å². The number of carbonyl (C=O) groups is 1. The fourth-order valence-corrected chi connectivity index (χ4v) is 7.28. The summed E-state index contributed by atoms with van der Waals surface area (Å²) in [4.78, 5) is 13.2. The zero-order valence-electron chi connectivity index (χ0n) is 25.6. The fourth-order valence-electron chi connectivity index (χ4n) is 5.93. The van der Waals surface area contributed by atoms with Gasteiger partial charge in [0.05, 0.1) is 24.9 Å². The summed E-state index contributed by atoms with van der Waals surface area (Å²) in [5, 5.41) is 47.2. The molecule has 0 saturated carbocycles. The van der Waals surface area contributed by atoms with Gasteiger partial charge < -0.3 is 35.4 Å². The first-order valence-electron chi connectivity index (χ1n) is 15.4. The van der Waals surface area contributed by atoms with Crippen LogP contribution in [0, 0.1) is 5.41 Å². The maximum atomic E-state index is 12.3. The largest absolute Gasteiger partial charge is 0.505 e.